The Hall–Kier alpha value is -6.82. The molecule has 252 valence electrons. The maximum Gasteiger partial charge on any atom is 0.294 e. The molecule has 53 heavy (non-hydrogen) atoms. The fourth-order valence-electron chi connectivity index (χ4n) is 7.18. The van der Waals surface area contributed by atoms with Gasteiger partial charge in [-0.15, -0.1) is 0 Å². The summed E-state index contributed by atoms with van der Waals surface area (Å²) in [6, 6.07) is 57.9. The van der Waals surface area contributed by atoms with Crippen molar-refractivity contribution in [3.63, 3.8) is 0 Å². The van der Waals surface area contributed by atoms with Gasteiger partial charge in [0.1, 0.15) is 11.2 Å². The van der Waals surface area contributed by atoms with Crippen LogP contribution in [-0.2, 0) is 4.57 Å². The third-order valence-corrected chi connectivity index (χ3v) is 12.2. The number of hydrogen-bond donors (Lipinski definition) is 1. The first-order chi connectivity index (χ1) is 26.1. The maximum atomic E-state index is 15.0. The minimum absolute atomic E-state index is 0.531. The molecule has 0 radical (unpaired) electrons. The Morgan fingerprint density at radius 1 is 0.491 bits per heavy atom. The van der Waals surface area contributed by atoms with Gasteiger partial charge in [-0.2, -0.15) is 0 Å². The van der Waals surface area contributed by atoms with Crippen molar-refractivity contribution in [1.29, 1.82) is 0 Å². The fraction of sp³-hybridized carbons (Fsp3) is 0. The van der Waals surface area contributed by atoms with E-state index in [0.717, 1.165) is 66.5 Å². The molecule has 0 bridgehead atoms. The van der Waals surface area contributed by atoms with Crippen molar-refractivity contribution in [3.05, 3.63) is 176 Å². The van der Waals surface area contributed by atoms with Crippen LogP contribution in [0.25, 0.3) is 67.2 Å². The van der Waals surface area contributed by atoms with E-state index in [9.17, 15) is 4.57 Å². The summed E-state index contributed by atoms with van der Waals surface area (Å²) in [5.74, 6) is 1.71. The van der Waals surface area contributed by atoms with Crippen molar-refractivity contribution >= 4 is 51.7 Å². The average molecular weight is 704 g/mol. The number of anilines is 3. The van der Waals surface area contributed by atoms with Crippen LogP contribution in [0.4, 0.5) is 17.1 Å². The fourth-order valence-corrected chi connectivity index (χ4v) is 9.65. The number of nitrogens with zero attached hydrogens (tertiary/aromatic N) is 4. The molecule has 0 spiro atoms. The number of benzene rings is 7. The first kappa shape index (κ1) is 31.0. The molecule has 1 N–H and O–H groups in total. The molecule has 0 aliphatic carbocycles. The van der Waals surface area contributed by atoms with E-state index in [0.29, 0.717) is 23.1 Å². The largest absolute Gasteiger partial charge is 0.455 e. The molecule has 1 aliphatic rings. The lowest BCUT2D eigenvalue weighted by Gasteiger charge is -2.27. The molecule has 9 aromatic rings. The molecule has 0 saturated carbocycles. The number of aromatic nitrogens is 3. The molecule has 0 amide bonds. The van der Waals surface area contributed by atoms with Crippen LogP contribution in [0.3, 0.4) is 0 Å². The number of rotatable bonds is 6. The Bertz CT molecular complexity index is 2790. The molecule has 0 saturated heterocycles. The van der Waals surface area contributed by atoms with Crippen LogP contribution in [0.1, 0.15) is 0 Å². The van der Waals surface area contributed by atoms with E-state index in [2.05, 4.69) is 41.5 Å². The first-order valence-corrected chi connectivity index (χ1v) is 19.1. The number of para-hydroxylation sites is 3. The van der Waals surface area contributed by atoms with Crippen molar-refractivity contribution in [2.24, 2.45) is 0 Å². The van der Waals surface area contributed by atoms with Gasteiger partial charge in [-0.1, -0.05) is 133 Å². The molecule has 7 nitrogen and oxygen atoms in total. The van der Waals surface area contributed by atoms with Gasteiger partial charge in [-0.05, 0) is 48.0 Å². The van der Waals surface area contributed by atoms with E-state index >= 15 is 0 Å². The van der Waals surface area contributed by atoms with Crippen LogP contribution in [0.2, 0.25) is 0 Å². The molecule has 10 rings (SSSR count). The summed E-state index contributed by atoms with van der Waals surface area (Å²) >= 11 is 0. The van der Waals surface area contributed by atoms with Gasteiger partial charge in [0.05, 0.1) is 22.2 Å². The van der Waals surface area contributed by atoms with E-state index in [1.165, 1.54) is 0 Å². The van der Waals surface area contributed by atoms with Crippen LogP contribution in [0.15, 0.2) is 180 Å². The van der Waals surface area contributed by atoms with E-state index in [-0.39, 0.29) is 0 Å². The summed E-state index contributed by atoms with van der Waals surface area (Å²) in [6.07, 6.45) is 0. The highest BCUT2D eigenvalue weighted by Crippen LogP contribution is 2.63. The van der Waals surface area contributed by atoms with Crippen molar-refractivity contribution in [1.82, 2.24) is 15.0 Å². The van der Waals surface area contributed by atoms with Gasteiger partial charge >= 0.3 is 0 Å². The molecule has 1 unspecified atom stereocenters. The van der Waals surface area contributed by atoms with Gasteiger partial charge in [-0.25, -0.2) is 15.0 Å². The topological polar surface area (TPSA) is 84.2 Å². The minimum Gasteiger partial charge on any atom is -0.455 e. The Labute approximate surface area is 305 Å². The van der Waals surface area contributed by atoms with Crippen molar-refractivity contribution in [3.8, 4) is 45.3 Å². The summed E-state index contributed by atoms with van der Waals surface area (Å²) in [6.45, 7) is 0. The quantitative estimate of drug-likeness (QED) is 0.173. The zero-order chi connectivity index (χ0) is 35.4. The van der Waals surface area contributed by atoms with Gasteiger partial charge in [0.2, 0.25) is 0 Å². The lowest BCUT2D eigenvalue weighted by Crippen LogP contribution is -2.20. The molecular weight excluding hydrogens is 674 g/mol. The maximum absolute atomic E-state index is 15.0. The van der Waals surface area contributed by atoms with Crippen LogP contribution < -0.4 is 15.1 Å². The number of fused-ring (bicyclic) bond motifs is 4. The normalized spacial score (nSPS) is 15.1. The lowest BCUT2D eigenvalue weighted by molar-refractivity contribution is 0.585. The Kier molecular flexibility index (Phi) is 7.27. The predicted octanol–water partition coefficient (Wildman–Crippen LogP) is 11.5. The van der Waals surface area contributed by atoms with Crippen molar-refractivity contribution < 1.29 is 8.98 Å². The molecule has 1 atom stereocenters. The Balaban J connectivity index is 1.12. The van der Waals surface area contributed by atoms with Crippen molar-refractivity contribution in [2.75, 3.05) is 9.76 Å². The average Bonchev–Trinajstić information content (AvgIpc) is 3.77. The van der Waals surface area contributed by atoms with Crippen molar-refractivity contribution in [2.45, 2.75) is 0 Å². The molecular formula is C45H30N5O2P. The summed E-state index contributed by atoms with van der Waals surface area (Å²) in [5.41, 5.74) is 8.39. The van der Waals surface area contributed by atoms with E-state index in [1.54, 1.807) is 0 Å². The standard InChI is InChI=1S/C45H30N5O2P/c51-53(34-21-11-4-12-22-34)49-39-29-32(27-28-40(39)50(53)33-19-9-3-10-20-33)35-23-13-24-36-37-25-14-26-38(42(37)52-41(35)36)45-47-43(30-15-5-1-6-16-30)46-44(48-45)31-17-7-2-8-18-31/h1-29H,(H,49,51). The zero-order valence-corrected chi connectivity index (χ0v) is 29.2. The van der Waals surface area contributed by atoms with E-state index in [4.69, 9.17) is 19.4 Å². The minimum atomic E-state index is -3.27. The first-order valence-electron chi connectivity index (χ1n) is 17.4. The molecule has 0 fully saturated rings. The predicted molar refractivity (Wildman–Crippen MR) is 215 cm³/mol. The third-order valence-electron chi connectivity index (χ3n) is 9.66. The highest BCUT2D eigenvalue weighted by atomic mass is 31.2. The van der Waals surface area contributed by atoms with E-state index in [1.807, 2.05) is 144 Å². The molecule has 1 aliphatic heterocycles. The highest BCUT2D eigenvalue weighted by molar-refractivity contribution is 7.75. The van der Waals surface area contributed by atoms with Gasteiger partial charge in [0.15, 0.2) is 17.5 Å². The highest BCUT2D eigenvalue weighted by Gasteiger charge is 2.41. The van der Waals surface area contributed by atoms with Crippen LogP contribution in [-0.4, -0.2) is 15.0 Å². The van der Waals surface area contributed by atoms with Crippen LogP contribution in [0.5, 0.6) is 0 Å². The van der Waals surface area contributed by atoms with Gasteiger partial charge in [0, 0.05) is 33.2 Å². The second-order valence-corrected chi connectivity index (χ2v) is 15.2. The summed E-state index contributed by atoms with van der Waals surface area (Å²) < 4.78 is 23.8. The molecule has 7 aromatic carbocycles. The van der Waals surface area contributed by atoms with Gasteiger partial charge < -0.3 is 9.50 Å². The zero-order valence-electron chi connectivity index (χ0n) is 28.3. The van der Waals surface area contributed by atoms with Gasteiger partial charge in [-0.3, -0.25) is 9.24 Å². The second-order valence-electron chi connectivity index (χ2n) is 12.9. The van der Waals surface area contributed by atoms with Gasteiger partial charge in [0.25, 0.3) is 7.44 Å². The Morgan fingerprint density at radius 2 is 1.02 bits per heavy atom. The third kappa shape index (κ3) is 5.21. The molecule has 3 heterocycles. The summed E-state index contributed by atoms with van der Waals surface area (Å²) in [7, 11) is -3.27. The number of furan rings is 1. The molecule has 2 aromatic heterocycles. The summed E-state index contributed by atoms with van der Waals surface area (Å²) in [4.78, 5) is 14.9. The number of hydrogen-bond acceptors (Lipinski definition) is 5. The summed E-state index contributed by atoms with van der Waals surface area (Å²) in [5, 5.41) is 6.14. The SMILES string of the molecule is O=P1(c2ccccc2)Nc2cc(-c3cccc4c3oc3c(-c5nc(-c6ccccc6)nc(-c6ccccc6)n5)cccc34)ccc2N1c1ccccc1. The van der Waals surface area contributed by atoms with E-state index < -0.39 is 7.44 Å². The van der Waals surface area contributed by atoms with Crippen LogP contribution in [0, 0.1) is 0 Å². The smallest absolute Gasteiger partial charge is 0.294 e. The van der Waals surface area contributed by atoms with Crippen LogP contribution >= 0.6 is 7.44 Å². The number of nitrogens with one attached hydrogen (secondary N) is 1. The molecule has 8 heteroatoms. The Morgan fingerprint density at radius 3 is 1.64 bits per heavy atom. The lowest BCUT2D eigenvalue weighted by atomic mass is 10.0. The monoisotopic (exact) mass is 703 g/mol. The second kappa shape index (κ2) is 12.4.